The molecule has 1 aliphatic rings. The van der Waals surface area contributed by atoms with Gasteiger partial charge in [-0.2, -0.15) is 0 Å². The molecule has 0 spiro atoms. The normalized spacial score (nSPS) is 14.6. The summed E-state index contributed by atoms with van der Waals surface area (Å²) in [4.78, 5) is 14.6. The van der Waals surface area contributed by atoms with Crippen LogP contribution < -0.4 is 20.3 Å². The molecule has 1 fully saturated rings. The summed E-state index contributed by atoms with van der Waals surface area (Å²) in [6.07, 6.45) is 2.92. The summed E-state index contributed by atoms with van der Waals surface area (Å²) in [5, 5.41) is 6.24. The van der Waals surface area contributed by atoms with Crippen LogP contribution in [0.25, 0.3) is 0 Å². The Morgan fingerprint density at radius 2 is 1.68 bits per heavy atom. The largest absolute Gasteiger partial charge is 0.494 e. The van der Waals surface area contributed by atoms with E-state index in [0.717, 1.165) is 36.1 Å². The van der Waals surface area contributed by atoms with Crippen LogP contribution in [0, 0.1) is 5.92 Å². The van der Waals surface area contributed by atoms with E-state index in [0.29, 0.717) is 19.6 Å². The van der Waals surface area contributed by atoms with Gasteiger partial charge < -0.3 is 20.3 Å². The van der Waals surface area contributed by atoms with Gasteiger partial charge in [-0.3, -0.25) is 4.79 Å². The van der Waals surface area contributed by atoms with Gasteiger partial charge in [-0.05, 0) is 74.2 Å². The van der Waals surface area contributed by atoms with Crippen molar-refractivity contribution < 1.29 is 9.53 Å². The molecule has 150 valence electrons. The van der Waals surface area contributed by atoms with E-state index < -0.39 is 0 Å². The van der Waals surface area contributed by atoms with E-state index in [-0.39, 0.29) is 5.91 Å². The molecular formula is C23H31N3O2. The first kappa shape index (κ1) is 20.1. The molecule has 28 heavy (non-hydrogen) atoms. The Morgan fingerprint density at radius 1 is 1.04 bits per heavy atom. The van der Waals surface area contributed by atoms with Gasteiger partial charge in [0.25, 0.3) is 0 Å². The number of rotatable bonds is 8. The van der Waals surface area contributed by atoms with Crippen molar-refractivity contribution in [3.63, 3.8) is 0 Å². The Balaban J connectivity index is 1.40. The maximum absolute atomic E-state index is 12.2. The van der Waals surface area contributed by atoms with Crippen LogP contribution in [0.3, 0.4) is 0 Å². The molecule has 1 aliphatic heterocycles. The summed E-state index contributed by atoms with van der Waals surface area (Å²) in [5.74, 6) is 1.69. The lowest BCUT2D eigenvalue weighted by Crippen LogP contribution is -2.32. The molecule has 1 amide bonds. The summed E-state index contributed by atoms with van der Waals surface area (Å²) < 4.78 is 5.43. The van der Waals surface area contributed by atoms with Gasteiger partial charge in [0.1, 0.15) is 5.75 Å². The SMILES string of the molecule is CCOc1ccc(NCCC(=O)Nc2ccc(N3CCC(C)CC3)cc2)cc1. The fourth-order valence-electron chi connectivity index (χ4n) is 3.40. The van der Waals surface area contributed by atoms with Crippen molar-refractivity contribution in [2.24, 2.45) is 5.92 Å². The minimum atomic E-state index is 0.0120. The van der Waals surface area contributed by atoms with Crippen LogP contribution in [-0.2, 0) is 4.79 Å². The Kier molecular flexibility index (Phi) is 7.18. The second-order valence-electron chi connectivity index (χ2n) is 7.40. The van der Waals surface area contributed by atoms with Crippen molar-refractivity contribution in [1.29, 1.82) is 0 Å². The monoisotopic (exact) mass is 381 g/mol. The van der Waals surface area contributed by atoms with Gasteiger partial charge in [-0.15, -0.1) is 0 Å². The summed E-state index contributed by atoms with van der Waals surface area (Å²) in [5.41, 5.74) is 3.07. The molecule has 0 atom stereocenters. The Morgan fingerprint density at radius 3 is 2.32 bits per heavy atom. The molecule has 1 saturated heterocycles. The number of hydrogen-bond acceptors (Lipinski definition) is 4. The first-order valence-corrected chi connectivity index (χ1v) is 10.3. The van der Waals surface area contributed by atoms with Gasteiger partial charge in [0, 0.05) is 43.1 Å². The molecule has 2 aromatic carbocycles. The quantitative estimate of drug-likeness (QED) is 0.692. The molecule has 3 rings (SSSR count). The van der Waals surface area contributed by atoms with Crippen molar-refractivity contribution >= 4 is 23.0 Å². The number of anilines is 3. The molecule has 0 bridgehead atoms. The first-order valence-electron chi connectivity index (χ1n) is 10.3. The van der Waals surface area contributed by atoms with Crippen molar-refractivity contribution in [2.75, 3.05) is 41.8 Å². The lowest BCUT2D eigenvalue weighted by molar-refractivity contribution is -0.115. The summed E-state index contributed by atoms with van der Waals surface area (Å²) in [6, 6.07) is 16.0. The van der Waals surface area contributed by atoms with Crippen LogP contribution in [0.5, 0.6) is 5.75 Å². The Labute approximate surface area is 168 Å². The van der Waals surface area contributed by atoms with Crippen LogP contribution >= 0.6 is 0 Å². The van der Waals surface area contributed by atoms with Crippen molar-refractivity contribution in [3.8, 4) is 5.75 Å². The minimum absolute atomic E-state index is 0.0120. The lowest BCUT2D eigenvalue weighted by atomic mass is 9.99. The number of nitrogens with one attached hydrogen (secondary N) is 2. The number of piperidine rings is 1. The molecule has 0 aromatic heterocycles. The zero-order valence-electron chi connectivity index (χ0n) is 16.9. The number of carbonyl (C=O) groups is 1. The standard InChI is InChI=1S/C23H31N3O2/c1-3-28-22-10-6-19(7-11-22)24-15-12-23(27)25-20-4-8-21(9-5-20)26-16-13-18(2)14-17-26/h4-11,18,24H,3,12-17H2,1-2H3,(H,25,27). The van der Waals surface area contributed by atoms with Gasteiger partial charge in [0.2, 0.25) is 5.91 Å². The predicted octanol–water partition coefficient (Wildman–Crippen LogP) is 4.76. The van der Waals surface area contributed by atoms with Crippen LogP contribution in [0.4, 0.5) is 17.1 Å². The van der Waals surface area contributed by atoms with Gasteiger partial charge in [-0.1, -0.05) is 6.92 Å². The third-order valence-corrected chi connectivity index (χ3v) is 5.15. The Bertz CT molecular complexity index is 735. The van der Waals surface area contributed by atoms with E-state index in [1.54, 1.807) is 0 Å². The highest BCUT2D eigenvalue weighted by Gasteiger charge is 2.15. The number of ether oxygens (including phenoxy) is 1. The third kappa shape index (κ3) is 5.91. The predicted molar refractivity (Wildman–Crippen MR) is 116 cm³/mol. The summed E-state index contributed by atoms with van der Waals surface area (Å²) in [7, 11) is 0. The van der Waals surface area contributed by atoms with Crippen LogP contribution in [0.15, 0.2) is 48.5 Å². The zero-order chi connectivity index (χ0) is 19.8. The third-order valence-electron chi connectivity index (χ3n) is 5.15. The topological polar surface area (TPSA) is 53.6 Å². The Hall–Kier alpha value is -2.69. The first-order chi connectivity index (χ1) is 13.6. The molecule has 0 unspecified atom stereocenters. The van der Waals surface area contributed by atoms with E-state index in [1.807, 2.05) is 43.3 Å². The molecule has 0 aliphatic carbocycles. The van der Waals surface area contributed by atoms with Crippen LogP contribution in [0.1, 0.15) is 33.1 Å². The lowest BCUT2D eigenvalue weighted by Gasteiger charge is -2.32. The molecule has 5 nitrogen and oxygen atoms in total. The molecule has 2 N–H and O–H groups in total. The smallest absolute Gasteiger partial charge is 0.226 e. The van der Waals surface area contributed by atoms with Gasteiger partial charge >= 0.3 is 0 Å². The van der Waals surface area contributed by atoms with Crippen LogP contribution in [0.2, 0.25) is 0 Å². The van der Waals surface area contributed by atoms with E-state index in [4.69, 9.17) is 4.74 Å². The van der Waals surface area contributed by atoms with Gasteiger partial charge in [0.15, 0.2) is 0 Å². The number of benzene rings is 2. The van der Waals surface area contributed by atoms with Crippen molar-refractivity contribution in [1.82, 2.24) is 0 Å². The minimum Gasteiger partial charge on any atom is -0.494 e. The van der Waals surface area contributed by atoms with E-state index in [2.05, 4.69) is 34.6 Å². The molecule has 0 radical (unpaired) electrons. The highest BCUT2D eigenvalue weighted by Crippen LogP contribution is 2.24. The molecule has 2 aromatic rings. The zero-order valence-corrected chi connectivity index (χ0v) is 16.9. The maximum atomic E-state index is 12.2. The molecule has 1 heterocycles. The second-order valence-corrected chi connectivity index (χ2v) is 7.40. The summed E-state index contributed by atoms with van der Waals surface area (Å²) >= 11 is 0. The van der Waals surface area contributed by atoms with Crippen molar-refractivity contribution in [3.05, 3.63) is 48.5 Å². The number of nitrogens with zero attached hydrogens (tertiary/aromatic N) is 1. The van der Waals surface area contributed by atoms with E-state index in [9.17, 15) is 4.79 Å². The van der Waals surface area contributed by atoms with E-state index >= 15 is 0 Å². The molecule has 0 saturated carbocycles. The average molecular weight is 382 g/mol. The fraction of sp³-hybridized carbons (Fsp3) is 0.435. The maximum Gasteiger partial charge on any atom is 0.226 e. The van der Waals surface area contributed by atoms with Crippen LogP contribution in [-0.4, -0.2) is 32.1 Å². The molecule has 5 heteroatoms. The number of hydrogen-bond donors (Lipinski definition) is 2. The number of amides is 1. The second kappa shape index (κ2) is 10.0. The fourth-order valence-corrected chi connectivity index (χ4v) is 3.40. The van der Waals surface area contributed by atoms with Gasteiger partial charge in [0.05, 0.1) is 6.61 Å². The summed E-state index contributed by atoms with van der Waals surface area (Å²) in [6.45, 7) is 7.76. The molecular weight excluding hydrogens is 350 g/mol. The highest BCUT2D eigenvalue weighted by molar-refractivity contribution is 5.91. The highest BCUT2D eigenvalue weighted by atomic mass is 16.5. The van der Waals surface area contributed by atoms with E-state index in [1.165, 1.54) is 18.5 Å². The van der Waals surface area contributed by atoms with Gasteiger partial charge in [-0.25, -0.2) is 0 Å². The van der Waals surface area contributed by atoms with Crippen molar-refractivity contribution in [2.45, 2.75) is 33.1 Å². The number of carbonyl (C=O) groups excluding carboxylic acids is 1. The average Bonchev–Trinajstić information content (AvgIpc) is 2.71.